The predicted octanol–water partition coefficient (Wildman–Crippen LogP) is 3.10. The van der Waals surface area contributed by atoms with Crippen molar-refractivity contribution < 1.29 is 9.13 Å². The molecule has 0 amide bonds. The number of nitrogens with two attached hydrogens (primary N) is 1. The highest BCUT2D eigenvalue weighted by Crippen LogP contribution is 2.27. The first-order valence-corrected chi connectivity index (χ1v) is 7.31. The lowest BCUT2D eigenvalue weighted by Gasteiger charge is -2.34. The van der Waals surface area contributed by atoms with E-state index in [0.717, 1.165) is 18.5 Å². The number of methoxy groups -OCH3 is 1. The number of nitrogens with zero attached hydrogens (tertiary/aromatic N) is 1. The SMILES string of the molecule is CCC(CC)N(CCOC)c1cccc(F)c1C(N)=S. The van der Waals surface area contributed by atoms with E-state index in [0.29, 0.717) is 24.8 Å². The third kappa shape index (κ3) is 3.90. The van der Waals surface area contributed by atoms with Gasteiger partial charge in [-0.15, -0.1) is 0 Å². The van der Waals surface area contributed by atoms with Crippen LogP contribution in [0.5, 0.6) is 0 Å². The molecule has 112 valence electrons. The van der Waals surface area contributed by atoms with Crippen LogP contribution < -0.4 is 10.6 Å². The van der Waals surface area contributed by atoms with Gasteiger partial charge in [0.15, 0.2) is 0 Å². The van der Waals surface area contributed by atoms with E-state index in [-0.39, 0.29) is 10.8 Å². The first kappa shape index (κ1) is 16.9. The van der Waals surface area contributed by atoms with Crippen LogP contribution in [0.4, 0.5) is 10.1 Å². The summed E-state index contributed by atoms with van der Waals surface area (Å²) in [7, 11) is 1.66. The Kier molecular flexibility index (Phi) is 6.88. The first-order valence-electron chi connectivity index (χ1n) is 6.90. The van der Waals surface area contributed by atoms with Gasteiger partial charge in [0.1, 0.15) is 10.8 Å². The normalized spacial score (nSPS) is 10.8. The zero-order valence-electron chi connectivity index (χ0n) is 12.4. The Morgan fingerprint density at radius 2 is 2.05 bits per heavy atom. The number of hydrogen-bond acceptors (Lipinski definition) is 3. The van der Waals surface area contributed by atoms with Crippen LogP contribution in [0.15, 0.2) is 18.2 Å². The monoisotopic (exact) mass is 298 g/mol. The molecule has 0 unspecified atom stereocenters. The quantitative estimate of drug-likeness (QED) is 0.749. The standard InChI is InChI=1S/C15H23FN2OS/c1-4-11(5-2)18(9-10-19-3)13-8-6-7-12(16)14(13)15(17)20/h6-8,11H,4-5,9-10H2,1-3H3,(H2,17,20). The van der Waals surface area contributed by atoms with Crippen molar-refractivity contribution in [3.8, 4) is 0 Å². The van der Waals surface area contributed by atoms with Crippen molar-refractivity contribution in [3.05, 3.63) is 29.6 Å². The highest BCUT2D eigenvalue weighted by atomic mass is 32.1. The molecule has 5 heteroatoms. The second kappa shape index (κ2) is 8.17. The summed E-state index contributed by atoms with van der Waals surface area (Å²) in [5.41, 5.74) is 6.78. The first-order chi connectivity index (χ1) is 9.56. The second-order valence-corrected chi connectivity index (χ2v) is 5.09. The van der Waals surface area contributed by atoms with Crippen molar-refractivity contribution in [3.63, 3.8) is 0 Å². The molecule has 0 spiro atoms. The molecule has 0 aromatic heterocycles. The fourth-order valence-electron chi connectivity index (χ4n) is 2.41. The summed E-state index contributed by atoms with van der Waals surface area (Å²) in [6.07, 6.45) is 1.93. The van der Waals surface area contributed by atoms with E-state index < -0.39 is 0 Å². The van der Waals surface area contributed by atoms with Crippen LogP contribution in [0.1, 0.15) is 32.3 Å². The third-order valence-corrected chi connectivity index (χ3v) is 3.67. The van der Waals surface area contributed by atoms with Crippen LogP contribution in [-0.4, -0.2) is 31.3 Å². The largest absolute Gasteiger partial charge is 0.389 e. The number of ether oxygens (including phenoxy) is 1. The minimum absolute atomic E-state index is 0.0893. The van der Waals surface area contributed by atoms with Crippen LogP contribution in [0.3, 0.4) is 0 Å². The van der Waals surface area contributed by atoms with Gasteiger partial charge in [-0.3, -0.25) is 0 Å². The number of rotatable bonds is 8. The van der Waals surface area contributed by atoms with Crippen LogP contribution in [0.25, 0.3) is 0 Å². The summed E-state index contributed by atoms with van der Waals surface area (Å²) >= 11 is 5.01. The predicted molar refractivity (Wildman–Crippen MR) is 85.9 cm³/mol. The highest BCUT2D eigenvalue weighted by Gasteiger charge is 2.21. The van der Waals surface area contributed by atoms with Gasteiger partial charge in [-0.05, 0) is 25.0 Å². The minimum Gasteiger partial charge on any atom is -0.389 e. The average molecular weight is 298 g/mol. The van der Waals surface area contributed by atoms with Gasteiger partial charge in [0.25, 0.3) is 0 Å². The van der Waals surface area contributed by atoms with Crippen molar-refractivity contribution in [2.24, 2.45) is 5.73 Å². The molecule has 0 bridgehead atoms. The summed E-state index contributed by atoms with van der Waals surface area (Å²) < 4.78 is 19.2. The van der Waals surface area contributed by atoms with E-state index >= 15 is 0 Å². The van der Waals surface area contributed by atoms with Crippen molar-refractivity contribution in [1.29, 1.82) is 0 Å². The number of thiocarbonyl (C=S) groups is 1. The number of halogens is 1. The van der Waals surface area contributed by atoms with Gasteiger partial charge in [0, 0.05) is 19.7 Å². The highest BCUT2D eigenvalue weighted by molar-refractivity contribution is 7.80. The molecule has 2 N–H and O–H groups in total. The molecular formula is C15H23FN2OS. The topological polar surface area (TPSA) is 38.5 Å². The molecule has 1 aromatic rings. The maximum Gasteiger partial charge on any atom is 0.135 e. The molecule has 0 atom stereocenters. The lowest BCUT2D eigenvalue weighted by molar-refractivity contribution is 0.202. The average Bonchev–Trinajstić information content (AvgIpc) is 2.42. The summed E-state index contributed by atoms with van der Waals surface area (Å²) in [6.45, 7) is 5.49. The Bertz CT molecular complexity index is 449. The molecule has 1 aromatic carbocycles. The van der Waals surface area contributed by atoms with Gasteiger partial charge in [-0.1, -0.05) is 32.1 Å². The molecule has 20 heavy (non-hydrogen) atoms. The van der Waals surface area contributed by atoms with Crippen molar-refractivity contribution in [2.45, 2.75) is 32.7 Å². The van der Waals surface area contributed by atoms with E-state index in [9.17, 15) is 4.39 Å². The molecule has 0 heterocycles. The maximum atomic E-state index is 14.0. The van der Waals surface area contributed by atoms with Gasteiger partial charge in [0.05, 0.1) is 17.9 Å². The van der Waals surface area contributed by atoms with Gasteiger partial charge < -0.3 is 15.4 Å². The maximum absolute atomic E-state index is 14.0. The van der Waals surface area contributed by atoms with Crippen LogP contribution >= 0.6 is 12.2 Å². The van der Waals surface area contributed by atoms with Crippen LogP contribution in [0, 0.1) is 5.82 Å². The molecule has 3 nitrogen and oxygen atoms in total. The van der Waals surface area contributed by atoms with Crippen LogP contribution in [0.2, 0.25) is 0 Å². The smallest absolute Gasteiger partial charge is 0.135 e. The second-order valence-electron chi connectivity index (χ2n) is 4.65. The Hall–Kier alpha value is -1.20. The molecule has 0 aliphatic carbocycles. The van der Waals surface area contributed by atoms with Gasteiger partial charge >= 0.3 is 0 Å². The molecule has 0 fully saturated rings. The summed E-state index contributed by atoms with van der Waals surface area (Å²) in [4.78, 5) is 2.23. The summed E-state index contributed by atoms with van der Waals surface area (Å²) in [5, 5.41) is 0. The van der Waals surface area contributed by atoms with Crippen molar-refractivity contribution in [1.82, 2.24) is 0 Å². The molecular weight excluding hydrogens is 275 g/mol. The van der Waals surface area contributed by atoms with E-state index in [4.69, 9.17) is 22.7 Å². The van der Waals surface area contributed by atoms with Gasteiger partial charge in [-0.2, -0.15) is 0 Å². The lowest BCUT2D eigenvalue weighted by atomic mass is 10.1. The van der Waals surface area contributed by atoms with Gasteiger partial charge in [0.2, 0.25) is 0 Å². The van der Waals surface area contributed by atoms with E-state index in [1.807, 2.05) is 6.07 Å². The zero-order chi connectivity index (χ0) is 15.1. The van der Waals surface area contributed by atoms with E-state index in [1.54, 1.807) is 13.2 Å². The Morgan fingerprint density at radius 1 is 1.40 bits per heavy atom. The lowest BCUT2D eigenvalue weighted by Crippen LogP contribution is -2.38. The summed E-state index contributed by atoms with van der Waals surface area (Å²) in [6, 6.07) is 5.25. The third-order valence-electron chi connectivity index (χ3n) is 3.47. The fourth-order valence-corrected chi connectivity index (χ4v) is 2.62. The number of hydrogen-bond donors (Lipinski definition) is 1. The molecule has 0 saturated heterocycles. The Balaban J connectivity index is 3.25. The molecule has 0 aliphatic rings. The van der Waals surface area contributed by atoms with Crippen molar-refractivity contribution in [2.75, 3.05) is 25.2 Å². The Labute approximate surface area is 125 Å². The summed E-state index contributed by atoms with van der Waals surface area (Å²) in [5.74, 6) is -0.372. The minimum atomic E-state index is -0.372. The fraction of sp³-hybridized carbons (Fsp3) is 0.533. The van der Waals surface area contributed by atoms with Gasteiger partial charge in [-0.25, -0.2) is 4.39 Å². The molecule has 0 saturated carbocycles. The Morgan fingerprint density at radius 3 is 2.55 bits per heavy atom. The molecule has 0 aliphatic heterocycles. The zero-order valence-corrected chi connectivity index (χ0v) is 13.2. The van der Waals surface area contributed by atoms with E-state index in [1.165, 1.54) is 6.07 Å². The number of benzene rings is 1. The van der Waals surface area contributed by atoms with Crippen LogP contribution in [-0.2, 0) is 4.74 Å². The molecule has 1 rings (SSSR count). The number of anilines is 1. The molecule has 0 radical (unpaired) electrons. The van der Waals surface area contributed by atoms with Crippen molar-refractivity contribution >= 4 is 22.9 Å². The van der Waals surface area contributed by atoms with E-state index in [2.05, 4.69) is 18.7 Å².